The van der Waals surface area contributed by atoms with E-state index in [0.29, 0.717) is 0 Å². The van der Waals surface area contributed by atoms with Crippen molar-refractivity contribution in [2.45, 2.75) is 13.3 Å². The zero-order valence-electron chi connectivity index (χ0n) is 12.0. The van der Waals surface area contributed by atoms with Gasteiger partial charge in [0.15, 0.2) is 0 Å². The highest BCUT2D eigenvalue weighted by molar-refractivity contribution is 5.41. The third-order valence-corrected chi connectivity index (χ3v) is 3.90. The van der Waals surface area contributed by atoms with E-state index in [2.05, 4.69) is 32.7 Å². The Kier molecular flexibility index (Phi) is 3.40. The fourth-order valence-electron chi connectivity index (χ4n) is 2.88. The van der Waals surface area contributed by atoms with E-state index in [9.17, 15) is 0 Å². The van der Waals surface area contributed by atoms with Crippen LogP contribution in [0.25, 0.3) is 5.69 Å². The lowest BCUT2D eigenvalue weighted by atomic mass is 9.90. The van der Waals surface area contributed by atoms with Crippen molar-refractivity contribution in [1.29, 1.82) is 0 Å². The largest absolute Gasteiger partial charge is 0.339 e. The van der Waals surface area contributed by atoms with Crippen molar-refractivity contribution in [2.75, 3.05) is 31.6 Å². The number of aromatic nitrogens is 4. The third kappa shape index (κ3) is 2.38. The maximum Gasteiger partial charge on any atom is 0.250 e. The predicted molar refractivity (Wildman–Crippen MR) is 78.0 cm³/mol. The molecule has 0 spiro atoms. The molecule has 1 atom stereocenters. The molecule has 0 radical (unpaired) electrons. The Morgan fingerprint density at radius 1 is 1.30 bits per heavy atom. The molecule has 6 heteroatoms. The summed E-state index contributed by atoms with van der Waals surface area (Å²) in [4.78, 5) is 2.27. The van der Waals surface area contributed by atoms with Crippen LogP contribution in [-0.2, 0) is 0 Å². The molecule has 2 heterocycles. The molecule has 1 fully saturated rings. The lowest BCUT2D eigenvalue weighted by Crippen LogP contribution is -2.33. The average Bonchev–Trinajstić information content (AvgIpc) is 3.07. The van der Waals surface area contributed by atoms with Gasteiger partial charge in [0.05, 0.1) is 5.69 Å². The minimum atomic E-state index is 0.280. The number of nitrogens with one attached hydrogen (secondary N) is 1. The van der Waals surface area contributed by atoms with Crippen LogP contribution in [0.4, 0.5) is 5.95 Å². The highest BCUT2D eigenvalue weighted by Gasteiger charge is 2.35. The van der Waals surface area contributed by atoms with E-state index < -0.39 is 0 Å². The zero-order valence-corrected chi connectivity index (χ0v) is 12.0. The molecule has 0 bridgehead atoms. The summed E-state index contributed by atoms with van der Waals surface area (Å²) in [5.74, 6) is 0.830. The summed E-state index contributed by atoms with van der Waals surface area (Å²) in [6, 6.07) is 10.0. The first-order valence-electron chi connectivity index (χ1n) is 6.95. The van der Waals surface area contributed by atoms with E-state index in [1.165, 1.54) is 0 Å². The van der Waals surface area contributed by atoms with Crippen molar-refractivity contribution in [1.82, 2.24) is 25.5 Å². The van der Waals surface area contributed by atoms with Crippen LogP contribution < -0.4 is 10.2 Å². The Morgan fingerprint density at radius 2 is 2.10 bits per heavy atom. The second-order valence-electron chi connectivity index (χ2n) is 5.74. The van der Waals surface area contributed by atoms with Gasteiger partial charge in [-0.2, -0.15) is 4.68 Å². The number of para-hydroxylation sites is 1. The van der Waals surface area contributed by atoms with Crippen molar-refractivity contribution in [2.24, 2.45) is 5.41 Å². The summed E-state index contributed by atoms with van der Waals surface area (Å²) in [6.07, 6.45) is 1.15. The Labute approximate surface area is 118 Å². The summed E-state index contributed by atoms with van der Waals surface area (Å²) in [5, 5.41) is 15.5. The fourth-order valence-corrected chi connectivity index (χ4v) is 2.88. The van der Waals surface area contributed by atoms with Gasteiger partial charge in [0.25, 0.3) is 0 Å². The van der Waals surface area contributed by atoms with Crippen LogP contribution in [0.3, 0.4) is 0 Å². The Bertz CT molecular complexity index is 566. The topological polar surface area (TPSA) is 58.9 Å². The number of benzene rings is 1. The maximum atomic E-state index is 4.21. The van der Waals surface area contributed by atoms with Gasteiger partial charge in [0.1, 0.15) is 0 Å². The van der Waals surface area contributed by atoms with Crippen molar-refractivity contribution in [3.05, 3.63) is 30.3 Å². The molecule has 1 aromatic heterocycles. The Morgan fingerprint density at radius 3 is 2.85 bits per heavy atom. The first-order chi connectivity index (χ1) is 9.72. The highest BCUT2D eigenvalue weighted by atomic mass is 15.6. The number of anilines is 1. The molecule has 1 N–H and O–H groups in total. The average molecular weight is 272 g/mol. The van der Waals surface area contributed by atoms with Crippen molar-refractivity contribution in [3.63, 3.8) is 0 Å². The molecule has 1 aliphatic heterocycles. The van der Waals surface area contributed by atoms with Gasteiger partial charge >= 0.3 is 0 Å². The molecule has 106 valence electrons. The van der Waals surface area contributed by atoms with Gasteiger partial charge in [-0.25, -0.2) is 0 Å². The van der Waals surface area contributed by atoms with Crippen molar-refractivity contribution >= 4 is 5.95 Å². The van der Waals surface area contributed by atoms with Gasteiger partial charge in [0, 0.05) is 19.6 Å². The second-order valence-corrected chi connectivity index (χ2v) is 5.74. The summed E-state index contributed by atoms with van der Waals surface area (Å²) in [6.45, 7) is 5.28. The van der Waals surface area contributed by atoms with E-state index in [-0.39, 0.29) is 5.41 Å². The van der Waals surface area contributed by atoms with Crippen LogP contribution in [0, 0.1) is 5.41 Å². The monoisotopic (exact) mass is 272 g/mol. The van der Waals surface area contributed by atoms with Gasteiger partial charge in [0.2, 0.25) is 5.95 Å². The van der Waals surface area contributed by atoms with Crippen molar-refractivity contribution < 1.29 is 0 Å². The van der Waals surface area contributed by atoms with Crippen LogP contribution in [-0.4, -0.2) is 46.9 Å². The quantitative estimate of drug-likeness (QED) is 0.903. The number of hydrogen-bond acceptors (Lipinski definition) is 5. The molecule has 20 heavy (non-hydrogen) atoms. The number of rotatable bonds is 4. The molecular formula is C14H20N6. The lowest BCUT2D eigenvalue weighted by Gasteiger charge is -2.24. The number of nitrogens with zero attached hydrogens (tertiary/aromatic N) is 5. The van der Waals surface area contributed by atoms with E-state index in [0.717, 1.165) is 37.7 Å². The molecule has 0 amide bonds. The highest BCUT2D eigenvalue weighted by Crippen LogP contribution is 2.32. The summed E-state index contributed by atoms with van der Waals surface area (Å²) in [5.41, 5.74) is 1.28. The molecule has 3 rings (SSSR count). The van der Waals surface area contributed by atoms with Crippen LogP contribution in [0.2, 0.25) is 0 Å². The zero-order chi connectivity index (χ0) is 14.0. The van der Waals surface area contributed by atoms with Crippen LogP contribution in [0.1, 0.15) is 13.3 Å². The number of hydrogen-bond donors (Lipinski definition) is 1. The predicted octanol–water partition coefficient (Wildman–Crippen LogP) is 1.10. The SMILES string of the molecule is CNCC1(C)CCN(c2nnnn2-c2ccccc2)C1. The Balaban J connectivity index is 1.85. The van der Waals surface area contributed by atoms with E-state index in [1.54, 1.807) is 0 Å². The van der Waals surface area contributed by atoms with Crippen LogP contribution >= 0.6 is 0 Å². The molecule has 1 aromatic carbocycles. The van der Waals surface area contributed by atoms with E-state index in [1.807, 2.05) is 42.1 Å². The molecule has 6 nitrogen and oxygen atoms in total. The molecule has 1 saturated heterocycles. The first-order valence-corrected chi connectivity index (χ1v) is 6.95. The normalized spacial score (nSPS) is 22.4. The summed E-state index contributed by atoms with van der Waals surface area (Å²) < 4.78 is 1.81. The molecule has 1 unspecified atom stereocenters. The molecular weight excluding hydrogens is 252 g/mol. The summed E-state index contributed by atoms with van der Waals surface area (Å²) in [7, 11) is 2.00. The minimum Gasteiger partial charge on any atom is -0.339 e. The summed E-state index contributed by atoms with van der Waals surface area (Å²) >= 11 is 0. The van der Waals surface area contributed by atoms with Gasteiger partial charge < -0.3 is 10.2 Å². The first kappa shape index (κ1) is 13.1. The third-order valence-electron chi connectivity index (χ3n) is 3.90. The second kappa shape index (κ2) is 5.20. The van der Waals surface area contributed by atoms with Crippen LogP contribution in [0.5, 0.6) is 0 Å². The molecule has 2 aromatic rings. The smallest absolute Gasteiger partial charge is 0.250 e. The minimum absolute atomic E-state index is 0.280. The van der Waals surface area contributed by atoms with Gasteiger partial charge in [-0.1, -0.05) is 30.2 Å². The van der Waals surface area contributed by atoms with Crippen LogP contribution in [0.15, 0.2) is 30.3 Å². The lowest BCUT2D eigenvalue weighted by molar-refractivity contribution is 0.355. The van der Waals surface area contributed by atoms with E-state index >= 15 is 0 Å². The van der Waals surface area contributed by atoms with Gasteiger partial charge in [-0.15, -0.1) is 0 Å². The van der Waals surface area contributed by atoms with E-state index in [4.69, 9.17) is 0 Å². The fraction of sp³-hybridized carbons (Fsp3) is 0.500. The standard InChI is InChI=1S/C14H20N6/c1-14(10-15-2)8-9-19(11-14)13-16-17-18-20(13)12-6-4-3-5-7-12/h3-7,15H,8-11H2,1-2H3. The number of tetrazole rings is 1. The molecule has 0 saturated carbocycles. The van der Waals surface area contributed by atoms with Crippen molar-refractivity contribution in [3.8, 4) is 5.69 Å². The van der Waals surface area contributed by atoms with Gasteiger partial charge in [-0.05, 0) is 41.4 Å². The Hall–Kier alpha value is -1.95. The molecule has 0 aliphatic carbocycles. The maximum absolute atomic E-state index is 4.21. The molecule has 1 aliphatic rings. The van der Waals surface area contributed by atoms with Gasteiger partial charge in [-0.3, -0.25) is 0 Å².